The first-order chi connectivity index (χ1) is 21.6. The molecule has 0 aliphatic rings. The quantitative estimate of drug-likeness (QED) is 0.181. The van der Waals surface area contributed by atoms with Gasteiger partial charge in [-0.2, -0.15) is 0 Å². The van der Waals surface area contributed by atoms with Crippen LogP contribution in [0.2, 0.25) is 5.02 Å². The molecule has 0 bridgehead atoms. The van der Waals surface area contributed by atoms with Gasteiger partial charge < -0.3 is 15.0 Å². The third-order valence-electron chi connectivity index (χ3n) is 7.29. The van der Waals surface area contributed by atoms with Crippen molar-refractivity contribution < 1.29 is 22.7 Å². The number of nitrogens with zero attached hydrogens (tertiary/aromatic N) is 2. The van der Waals surface area contributed by atoms with Gasteiger partial charge in [0, 0.05) is 30.6 Å². The first-order valence-electron chi connectivity index (χ1n) is 14.7. The maximum atomic E-state index is 14.5. The zero-order valence-electron chi connectivity index (χ0n) is 25.6. The molecule has 8 nitrogen and oxygen atoms in total. The molecule has 0 unspecified atom stereocenters. The average Bonchev–Trinajstić information content (AvgIpc) is 3.04. The van der Waals surface area contributed by atoms with Gasteiger partial charge in [-0.1, -0.05) is 84.8 Å². The Balaban J connectivity index is 1.81. The number of nitrogens with one attached hydrogen (secondary N) is 1. The predicted octanol–water partition coefficient (Wildman–Crippen LogP) is 6.02. The van der Waals surface area contributed by atoms with E-state index >= 15 is 0 Å². The van der Waals surface area contributed by atoms with Crippen LogP contribution in [0.4, 0.5) is 5.69 Å². The van der Waals surface area contributed by atoms with Crippen molar-refractivity contribution in [1.82, 2.24) is 10.2 Å². The number of carbonyl (C=O) groups is 2. The molecule has 4 aromatic carbocycles. The monoisotopic (exact) mass is 647 g/mol. The van der Waals surface area contributed by atoms with E-state index in [0.29, 0.717) is 29.3 Å². The highest BCUT2D eigenvalue weighted by Crippen LogP contribution is 2.28. The Morgan fingerprint density at radius 2 is 1.58 bits per heavy atom. The van der Waals surface area contributed by atoms with Gasteiger partial charge >= 0.3 is 0 Å². The van der Waals surface area contributed by atoms with Crippen LogP contribution in [0.1, 0.15) is 30.0 Å². The van der Waals surface area contributed by atoms with Crippen molar-refractivity contribution in [3.05, 3.63) is 125 Å². The summed E-state index contributed by atoms with van der Waals surface area (Å²) >= 11 is 6.30. The molecule has 10 heteroatoms. The van der Waals surface area contributed by atoms with Crippen molar-refractivity contribution in [3.8, 4) is 5.75 Å². The first-order valence-corrected chi connectivity index (χ1v) is 16.5. The molecule has 0 heterocycles. The maximum Gasteiger partial charge on any atom is 0.264 e. The molecule has 0 saturated heterocycles. The van der Waals surface area contributed by atoms with E-state index < -0.39 is 28.5 Å². The van der Waals surface area contributed by atoms with Crippen LogP contribution in [0, 0.1) is 6.92 Å². The molecule has 0 aliphatic carbocycles. The van der Waals surface area contributed by atoms with E-state index in [1.165, 1.54) is 24.1 Å². The van der Waals surface area contributed by atoms with Crippen molar-refractivity contribution >= 4 is 39.1 Å². The number of carbonyl (C=O) groups excluding carboxylic acids is 2. The van der Waals surface area contributed by atoms with E-state index in [-0.39, 0.29) is 29.5 Å². The fourth-order valence-electron chi connectivity index (χ4n) is 4.88. The van der Waals surface area contributed by atoms with Gasteiger partial charge in [-0.05, 0) is 60.9 Å². The largest absolute Gasteiger partial charge is 0.497 e. The second-order valence-corrected chi connectivity index (χ2v) is 13.0. The molecule has 0 aliphatic heterocycles. The minimum Gasteiger partial charge on any atom is -0.497 e. The van der Waals surface area contributed by atoms with Crippen molar-refractivity contribution in [2.45, 2.75) is 44.2 Å². The fourth-order valence-corrected chi connectivity index (χ4v) is 6.50. The van der Waals surface area contributed by atoms with Gasteiger partial charge in [0.05, 0.1) is 17.7 Å². The smallest absolute Gasteiger partial charge is 0.264 e. The lowest BCUT2D eigenvalue weighted by atomic mass is 10.0. The Hall–Kier alpha value is -4.34. The Kier molecular flexibility index (Phi) is 11.6. The van der Waals surface area contributed by atoms with Crippen LogP contribution in [0.3, 0.4) is 0 Å². The maximum absolute atomic E-state index is 14.5. The van der Waals surface area contributed by atoms with E-state index in [1.807, 2.05) is 50.2 Å². The highest BCUT2D eigenvalue weighted by atomic mass is 35.5. The summed E-state index contributed by atoms with van der Waals surface area (Å²) in [5.41, 5.74) is 2.70. The number of sulfonamides is 1. The number of methoxy groups -OCH3 is 1. The number of halogens is 1. The van der Waals surface area contributed by atoms with Crippen LogP contribution >= 0.6 is 11.6 Å². The number of rotatable bonds is 14. The predicted molar refractivity (Wildman–Crippen MR) is 178 cm³/mol. The molecule has 0 aromatic heterocycles. The van der Waals surface area contributed by atoms with Crippen LogP contribution in [0.5, 0.6) is 5.75 Å². The number of hydrogen-bond acceptors (Lipinski definition) is 5. The Bertz CT molecular complexity index is 1700. The first kappa shape index (κ1) is 33.6. The second-order valence-electron chi connectivity index (χ2n) is 10.7. The molecular formula is C35H38ClN3O5S. The van der Waals surface area contributed by atoms with E-state index in [9.17, 15) is 18.0 Å². The lowest BCUT2D eigenvalue weighted by molar-refractivity contribution is -0.140. The van der Waals surface area contributed by atoms with Crippen molar-refractivity contribution in [2.24, 2.45) is 0 Å². The summed E-state index contributed by atoms with van der Waals surface area (Å²) in [7, 11) is -2.73. The summed E-state index contributed by atoms with van der Waals surface area (Å²) in [4.78, 5) is 29.7. The van der Waals surface area contributed by atoms with Crippen molar-refractivity contribution in [3.63, 3.8) is 0 Å². The van der Waals surface area contributed by atoms with E-state index in [4.69, 9.17) is 16.3 Å². The summed E-state index contributed by atoms with van der Waals surface area (Å²) in [6.45, 7) is 3.72. The molecule has 2 amide bonds. The van der Waals surface area contributed by atoms with Crippen LogP contribution in [0.15, 0.2) is 108 Å². The van der Waals surface area contributed by atoms with Gasteiger partial charge in [-0.3, -0.25) is 13.9 Å². The SMILES string of the molecule is CCCNC(=O)[C@H](Cc1ccccc1)N(Cc1cccc(Cl)c1)C(=O)CN(c1cccc(OC)c1)S(=O)(=O)c1ccc(C)cc1. The normalized spacial score (nSPS) is 11.8. The molecular weight excluding hydrogens is 610 g/mol. The van der Waals surface area contributed by atoms with Crippen LogP contribution in [-0.4, -0.2) is 51.4 Å². The van der Waals surface area contributed by atoms with Crippen molar-refractivity contribution in [2.75, 3.05) is 24.5 Å². The standard InChI is InChI=1S/C35H38ClN3O5S/c1-4-20-37-35(41)33(22-27-10-6-5-7-11-27)38(24-28-12-8-13-29(36)21-28)34(40)25-39(30-14-9-15-31(23-30)44-3)45(42,43)32-18-16-26(2)17-19-32/h5-19,21,23,33H,4,20,22,24-25H2,1-3H3,(H,37,41)/t33-/m0/s1. The minimum atomic E-state index is -4.21. The molecule has 236 valence electrons. The van der Waals surface area contributed by atoms with Gasteiger partial charge in [0.1, 0.15) is 18.3 Å². The van der Waals surface area contributed by atoms with Gasteiger partial charge in [0.25, 0.3) is 10.0 Å². The molecule has 4 rings (SSSR count). The van der Waals surface area contributed by atoms with E-state index in [2.05, 4.69) is 5.32 Å². The number of benzene rings is 4. The topological polar surface area (TPSA) is 96.0 Å². The number of aryl methyl sites for hydroxylation is 1. The summed E-state index contributed by atoms with van der Waals surface area (Å²) in [5.74, 6) is -0.452. The molecule has 1 atom stereocenters. The zero-order chi connectivity index (χ0) is 32.4. The number of ether oxygens (including phenoxy) is 1. The molecule has 1 N–H and O–H groups in total. The summed E-state index contributed by atoms with van der Waals surface area (Å²) < 4.78 is 34.8. The van der Waals surface area contributed by atoms with Gasteiger partial charge in [-0.25, -0.2) is 8.42 Å². The van der Waals surface area contributed by atoms with Crippen molar-refractivity contribution in [1.29, 1.82) is 0 Å². The zero-order valence-corrected chi connectivity index (χ0v) is 27.2. The number of amides is 2. The lowest BCUT2D eigenvalue weighted by Gasteiger charge is -2.34. The summed E-state index contributed by atoms with van der Waals surface area (Å²) in [5, 5.41) is 3.42. The minimum absolute atomic E-state index is 0.0339. The molecule has 45 heavy (non-hydrogen) atoms. The third-order valence-corrected chi connectivity index (χ3v) is 9.31. The molecule has 4 aromatic rings. The van der Waals surface area contributed by atoms with Crippen LogP contribution in [0.25, 0.3) is 0 Å². The van der Waals surface area contributed by atoms with Gasteiger partial charge in [0.15, 0.2) is 0 Å². The summed E-state index contributed by atoms with van der Waals surface area (Å²) in [6, 6.07) is 28.5. The molecule has 0 radical (unpaired) electrons. The van der Waals surface area contributed by atoms with Crippen LogP contribution < -0.4 is 14.4 Å². The molecule has 0 spiro atoms. The molecule has 0 fully saturated rings. The van der Waals surface area contributed by atoms with Crippen LogP contribution in [-0.2, 0) is 32.6 Å². The average molecular weight is 648 g/mol. The third kappa shape index (κ3) is 8.86. The Morgan fingerprint density at radius 1 is 0.889 bits per heavy atom. The second kappa shape index (κ2) is 15.6. The van der Waals surface area contributed by atoms with E-state index in [0.717, 1.165) is 15.4 Å². The fraction of sp³-hybridized carbons (Fsp3) is 0.257. The number of hydrogen-bond donors (Lipinski definition) is 1. The summed E-state index contributed by atoms with van der Waals surface area (Å²) in [6.07, 6.45) is 0.941. The Labute approximate surface area is 270 Å². The lowest BCUT2D eigenvalue weighted by Crippen LogP contribution is -2.53. The molecule has 0 saturated carbocycles. The highest BCUT2D eigenvalue weighted by molar-refractivity contribution is 7.92. The van der Waals surface area contributed by atoms with E-state index in [1.54, 1.807) is 54.6 Å². The number of anilines is 1. The Morgan fingerprint density at radius 3 is 2.24 bits per heavy atom. The highest BCUT2D eigenvalue weighted by Gasteiger charge is 2.34. The van der Waals surface area contributed by atoms with Gasteiger partial charge in [0.2, 0.25) is 11.8 Å². The van der Waals surface area contributed by atoms with Gasteiger partial charge in [-0.15, -0.1) is 0 Å².